The molecule has 0 radical (unpaired) electrons. The Hall–Kier alpha value is -2.84. The summed E-state index contributed by atoms with van der Waals surface area (Å²) in [4.78, 5) is 41.5. The fraction of sp³-hybridized carbons (Fsp3) is 0.500. The van der Waals surface area contributed by atoms with Crippen LogP contribution in [0, 0.1) is 12.8 Å². The lowest BCUT2D eigenvalue weighted by atomic mass is 9.96. The Morgan fingerprint density at radius 3 is 2.42 bits per heavy atom. The molecule has 1 fully saturated rings. The highest BCUT2D eigenvalue weighted by atomic mass is 32.2. The SMILES string of the molecule is CCCC(C)C(=O)NC(Cc1ccccc1)[C@H](O)C(=O)N1CSC(C)(C)C1C(=O)NCc1ccccc1C. The van der Waals surface area contributed by atoms with Crippen LogP contribution in [-0.2, 0) is 27.3 Å². The number of nitrogens with one attached hydrogen (secondary N) is 2. The van der Waals surface area contributed by atoms with Gasteiger partial charge in [0.15, 0.2) is 6.10 Å². The molecule has 1 saturated heterocycles. The maximum Gasteiger partial charge on any atom is 0.254 e. The highest BCUT2D eigenvalue weighted by molar-refractivity contribution is 8.00. The maximum absolute atomic E-state index is 13.7. The summed E-state index contributed by atoms with van der Waals surface area (Å²) in [6.45, 7) is 10.1. The zero-order chi connectivity index (χ0) is 27.9. The first kappa shape index (κ1) is 29.7. The van der Waals surface area contributed by atoms with Crippen LogP contribution in [0.15, 0.2) is 54.6 Å². The van der Waals surface area contributed by atoms with Gasteiger partial charge in [0.05, 0.1) is 11.9 Å². The van der Waals surface area contributed by atoms with E-state index in [1.54, 1.807) is 0 Å². The first-order chi connectivity index (χ1) is 18.0. The summed E-state index contributed by atoms with van der Waals surface area (Å²) in [5, 5.41) is 17.2. The Labute approximate surface area is 230 Å². The first-order valence-corrected chi connectivity index (χ1v) is 14.3. The Morgan fingerprint density at radius 2 is 1.76 bits per heavy atom. The second kappa shape index (κ2) is 13.3. The van der Waals surface area contributed by atoms with Crippen molar-refractivity contribution >= 4 is 29.5 Å². The number of amides is 3. The number of benzene rings is 2. The van der Waals surface area contributed by atoms with E-state index in [-0.39, 0.29) is 23.6 Å². The lowest BCUT2D eigenvalue weighted by Crippen LogP contribution is -2.59. The second-order valence-electron chi connectivity index (χ2n) is 10.7. The number of carbonyl (C=O) groups excluding carboxylic acids is 3. The van der Waals surface area contributed by atoms with Crippen molar-refractivity contribution in [3.05, 3.63) is 71.3 Å². The molecule has 8 heteroatoms. The van der Waals surface area contributed by atoms with E-state index in [0.717, 1.165) is 23.1 Å². The summed E-state index contributed by atoms with van der Waals surface area (Å²) >= 11 is 1.50. The van der Waals surface area contributed by atoms with E-state index in [1.165, 1.54) is 16.7 Å². The summed E-state index contributed by atoms with van der Waals surface area (Å²) < 4.78 is -0.543. The van der Waals surface area contributed by atoms with Crippen molar-refractivity contribution in [2.45, 2.75) is 83.4 Å². The van der Waals surface area contributed by atoms with Crippen LogP contribution in [0.5, 0.6) is 0 Å². The quantitative estimate of drug-likeness (QED) is 0.403. The van der Waals surface area contributed by atoms with E-state index >= 15 is 0 Å². The van der Waals surface area contributed by atoms with E-state index in [0.29, 0.717) is 19.4 Å². The van der Waals surface area contributed by atoms with E-state index in [2.05, 4.69) is 10.6 Å². The van der Waals surface area contributed by atoms with Gasteiger partial charge in [0.2, 0.25) is 11.8 Å². The van der Waals surface area contributed by atoms with E-state index in [4.69, 9.17) is 0 Å². The molecule has 0 aliphatic carbocycles. The number of rotatable bonds is 11. The Bertz CT molecular complexity index is 1110. The molecule has 0 saturated carbocycles. The van der Waals surface area contributed by atoms with Crippen molar-refractivity contribution in [3.8, 4) is 0 Å². The lowest BCUT2D eigenvalue weighted by Gasteiger charge is -2.33. The maximum atomic E-state index is 13.7. The molecule has 0 aromatic heterocycles. The predicted octanol–water partition coefficient (Wildman–Crippen LogP) is 3.82. The number of aliphatic hydroxyl groups excluding tert-OH is 1. The van der Waals surface area contributed by atoms with Gasteiger partial charge in [-0.3, -0.25) is 14.4 Å². The second-order valence-corrected chi connectivity index (χ2v) is 12.3. The summed E-state index contributed by atoms with van der Waals surface area (Å²) in [6, 6.07) is 15.7. The lowest BCUT2D eigenvalue weighted by molar-refractivity contribution is -0.148. The van der Waals surface area contributed by atoms with Gasteiger partial charge in [-0.25, -0.2) is 0 Å². The highest BCUT2D eigenvalue weighted by Crippen LogP contribution is 2.40. The number of carbonyl (C=O) groups is 3. The van der Waals surface area contributed by atoms with Gasteiger partial charge in [0, 0.05) is 17.2 Å². The summed E-state index contributed by atoms with van der Waals surface area (Å²) in [7, 11) is 0. The third-order valence-corrected chi connectivity index (χ3v) is 8.60. The van der Waals surface area contributed by atoms with Crippen molar-refractivity contribution in [3.63, 3.8) is 0 Å². The van der Waals surface area contributed by atoms with E-state index in [9.17, 15) is 19.5 Å². The van der Waals surface area contributed by atoms with E-state index in [1.807, 2.05) is 89.2 Å². The molecule has 2 aromatic rings. The van der Waals surface area contributed by atoms with Crippen LogP contribution in [0.4, 0.5) is 0 Å². The van der Waals surface area contributed by atoms with Gasteiger partial charge in [-0.2, -0.15) is 0 Å². The van der Waals surface area contributed by atoms with Gasteiger partial charge >= 0.3 is 0 Å². The zero-order valence-corrected chi connectivity index (χ0v) is 23.9. The molecule has 38 heavy (non-hydrogen) atoms. The van der Waals surface area contributed by atoms with Crippen LogP contribution in [0.3, 0.4) is 0 Å². The molecule has 7 nitrogen and oxygen atoms in total. The molecule has 2 aromatic carbocycles. The van der Waals surface area contributed by atoms with Crippen LogP contribution in [0.25, 0.3) is 0 Å². The van der Waals surface area contributed by atoms with Gasteiger partial charge in [-0.15, -0.1) is 11.8 Å². The van der Waals surface area contributed by atoms with E-state index < -0.39 is 28.8 Å². The third-order valence-electron chi connectivity index (χ3n) is 7.22. The monoisotopic (exact) mass is 539 g/mol. The summed E-state index contributed by atoms with van der Waals surface area (Å²) in [6.07, 6.45) is 0.383. The molecule has 3 amide bonds. The van der Waals surface area contributed by atoms with Crippen LogP contribution in [0.1, 0.15) is 57.2 Å². The average Bonchev–Trinajstić information content (AvgIpc) is 3.22. The van der Waals surface area contributed by atoms with Crippen LogP contribution in [-0.4, -0.2) is 56.5 Å². The van der Waals surface area contributed by atoms with Crippen molar-refractivity contribution in [2.75, 3.05) is 5.88 Å². The number of nitrogens with zero attached hydrogens (tertiary/aromatic N) is 1. The van der Waals surface area contributed by atoms with Gasteiger partial charge in [0.25, 0.3) is 5.91 Å². The molecule has 0 spiro atoms. The summed E-state index contributed by atoms with van der Waals surface area (Å²) in [5.41, 5.74) is 2.98. The highest BCUT2D eigenvalue weighted by Gasteiger charge is 2.49. The molecule has 206 valence electrons. The largest absolute Gasteiger partial charge is 0.381 e. The number of aryl methyl sites for hydroxylation is 1. The van der Waals surface area contributed by atoms with Crippen molar-refractivity contribution in [1.29, 1.82) is 0 Å². The zero-order valence-electron chi connectivity index (χ0n) is 23.1. The molecule has 1 heterocycles. The molecular weight excluding hydrogens is 498 g/mol. The van der Waals surface area contributed by atoms with Crippen molar-refractivity contribution in [2.24, 2.45) is 5.92 Å². The molecule has 0 bridgehead atoms. The minimum atomic E-state index is -1.49. The van der Waals surface area contributed by atoms with Crippen molar-refractivity contribution in [1.82, 2.24) is 15.5 Å². The molecule has 1 aliphatic rings. The number of hydrogen-bond donors (Lipinski definition) is 3. The molecule has 4 atom stereocenters. The van der Waals surface area contributed by atoms with Crippen molar-refractivity contribution < 1.29 is 19.5 Å². The summed E-state index contributed by atoms with van der Waals surface area (Å²) in [5.74, 6) is -0.957. The fourth-order valence-corrected chi connectivity index (χ4v) is 5.98. The predicted molar refractivity (Wildman–Crippen MR) is 152 cm³/mol. The minimum absolute atomic E-state index is 0.191. The average molecular weight is 540 g/mol. The Kier molecular flexibility index (Phi) is 10.4. The molecule has 3 rings (SSSR count). The standard InChI is InChI=1S/C30H41N3O4S/c1-6-12-21(3)27(35)32-24(17-22-14-8-7-9-15-22)25(34)29(37)33-19-38-30(4,5)26(33)28(36)31-18-23-16-11-10-13-20(23)2/h7-11,13-16,21,24-26,34H,6,12,17-19H2,1-5H3,(H,31,36)(H,32,35)/t21?,24?,25-,26?/m0/s1. The van der Waals surface area contributed by atoms with Gasteiger partial charge in [-0.05, 0) is 50.3 Å². The minimum Gasteiger partial charge on any atom is -0.381 e. The Balaban J connectivity index is 1.79. The molecule has 3 N–H and O–H groups in total. The fourth-order valence-electron chi connectivity index (χ4n) is 4.84. The molecule has 1 aliphatic heterocycles. The Morgan fingerprint density at radius 1 is 1.11 bits per heavy atom. The molecule has 3 unspecified atom stereocenters. The van der Waals surface area contributed by atoms with Gasteiger partial charge in [0.1, 0.15) is 6.04 Å². The third kappa shape index (κ3) is 7.38. The smallest absolute Gasteiger partial charge is 0.254 e. The first-order valence-electron chi connectivity index (χ1n) is 13.3. The number of aliphatic hydroxyl groups is 1. The van der Waals surface area contributed by atoms with Crippen LogP contribution in [0.2, 0.25) is 0 Å². The normalized spacial score (nSPS) is 18.9. The number of hydrogen-bond acceptors (Lipinski definition) is 5. The van der Waals surface area contributed by atoms with Crippen LogP contribution < -0.4 is 10.6 Å². The van der Waals surface area contributed by atoms with Crippen LogP contribution >= 0.6 is 11.8 Å². The molecular formula is C30H41N3O4S. The van der Waals surface area contributed by atoms with Gasteiger partial charge in [-0.1, -0.05) is 74.9 Å². The topological polar surface area (TPSA) is 98.7 Å². The van der Waals surface area contributed by atoms with Gasteiger partial charge < -0.3 is 20.6 Å². The number of thioether (sulfide) groups is 1.